The quantitative estimate of drug-likeness (QED) is 0.323. The van der Waals surface area contributed by atoms with Crippen molar-refractivity contribution in [3.05, 3.63) is 75.6 Å². The van der Waals surface area contributed by atoms with E-state index in [0.29, 0.717) is 23.7 Å². The molecule has 1 aliphatic rings. The first-order chi connectivity index (χ1) is 16.8. The van der Waals surface area contributed by atoms with Crippen molar-refractivity contribution in [1.29, 1.82) is 0 Å². The number of esters is 1. The summed E-state index contributed by atoms with van der Waals surface area (Å²) in [6.07, 6.45) is 4.83. The molecule has 0 unspecified atom stereocenters. The van der Waals surface area contributed by atoms with Gasteiger partial charge in [-0.05, 0) is 93.1 Å². The van der Waals surface area contributed by atoms with E-state index in [1.807, 2.05) is 26.0 Å². The Morgan fingerprint density at radius 1 is 1.31 bits per heavy atom. The summed E-state index contributed by atoms with van der Waals surface area (Å²) >= 11 is 6.29. The number of aliphatic hydroxyl groups is 1. The van der Waals surface area contributed by atoms with Crippen LogP contribution in [0.15, 0.2) is 42.5 Å². The van der Waals surface area contributed by atoms with E-state index in [1.165, 1.54) is 23.8 Å². The molecule has 1 heterocycles. The van der Waals surface area contributed by atoms with Gasteiger partial charge in [-0.1, -0.05) is 29.8 Å². The molecule has 1 N–H and O–H groups in total. The Hall–Kier alpha value is -2.25. The lowest BCUT2D eigenvalue weighted by Crippen LogP contribution is -2.39. The molecule has 0 spiro atoms. The lowest BCUT2D eigenvalue weighted by Gasteiger charge is -2.27. The summed E-state index contributed by atoms with van der Waals surface area (Å²) < 4.78 is 24.8. The smallest absolute Gasteiger partial charge is 0.330 e. The molecule has 1 fully saturated rings. The minimum Gasteiger partial charge on any atom is -0.463 e. The second kappa shape index (κ2) is 13.2. The summed E-state index contributed by atoms with van der Waals surface area (Å²) in [5.41, 5.74) is 3.54. The van der Waals surface area contributed by atoms with Gasteiger partial charge >= 0.3 is 5.97 Å². The Morgan fingerprint density at radius 3 is 2.86 bits per heavy atom. The predicted molar refractivity (Wildman–Crippen MR) is 137 cm³/mol. The van der Waals surface area contributed by atoms with Crippen molar-refractivity contribution in [3.8, 4) is 0 Å². The number of likely N-dealkylation sites (tertiary alicyclic amines) is 1. The molecule has 3 rings (SSSR count). The van der Waals surface area contributed by atoms with Crippen LogP contribution in [0.25, 0.3) is 6.08 Å². The van der Waals surface area contributed by atoms with Gasteiger partial charge in [0.15, 0.2) is 0 Å². The highest BCUT2D eigenvalue weighted by Crippen LogP contribution is 2.26. The van der Waals surface area contributed by atoms with Gasteiger partial charge in [0.25, 0.3) is 0 Å². The topological polar surface area (TPSA) is 59.0 Å². The molecular weight excluding hydrogens is 469 g/mol. The number of aryl methyl sites for hydroxylation is 1. The van der Waals surface area contributed by atoms with Crippen molar-refractivity contribution in [1.82, 2.24) is 4.90 Å². The van der Waals surface area contributed by atoms with E-state index < -0.39 is 18.2 Å². The number of halogens is 2. The number of rotatable bonds is 11. The van der Waals surface area contributed by atoms with Crippen LogP contribution in [0, 0.1) is 12.7 Å². The summed E-state index contributed by atoms with van der Waals surface area (Å²) in [7, 11) is 0. The van der Waals surface area contributed by atoms with Gasteiger partial charge in [-0.3, -0.25) is 4.90 Å². The van der Waals surface area contributed by atoms with Gasteiger partial charge in [0.2, 0.25) is 0 Å². The van der Waals surface area contributed by atoms with Gasteiger partial charge in [-0.25, -0.2) is 9.18 Å². The summed E-state index contributed by atoms with van der Waals surface area (Å²) in [5.74, 6) is -0.847. The summed E-state index contributed by atoms with van der Waals surface area (Å²) in [4.78, 5) is 14.0. The number of β-amino-alcohol motifs (C(OH)–C–C–N with tert-alkyl or cyclic N) is 1. The second-order valence-corrected chi connectivity index (χ2v) is 9.47. The van der Waals surface area contributed by atoms with Crippen LogP contribution in [0.3, 0.4) is 0 Å². The van der Waals surface area contributed by atoms with Crippen LogP contribution < -0.4 is 0 Å². The zero-order chi connectivity index (χ0) is 25.4. The Balaban J connectivity index is 1.56. The van der Waals surface area contributed by atoms with Gasteiger partial charge in [0, 0.05) is 23.7 Å². The molecule has 0 saturated carbocycles. The number of benzene rings is 2. The van der Waals surface area contributed by atoms with Crippen molar-refractivity contribution in [3.63, 3.8) is 0 Å². The molecule has 7 heteroatoms. The Morgan fingerprint density at radius 2 is 2.11 bits per heavy atom. The maximum absolute atomic E-state index is 13.9. The maximum atomic E-state index is 13.9. The first-order valence-electron chi connectivity index (χ1n) is 12.2. The number of aliphatic hydroxyl groups excluding tert-OH is 1. The average Bonchev–Trinajstić information content (AvgIpc) is 3.25. The first kappa shape index (κ1) is 27.3. The molecule has 1 aliphatic heterocycles. The van der Waals surface area contributed by atoms with Crippen molar-refractivity contribution in [2.75, 3.05) is 26.3 Å². The van der Waals surface area contributed by atoms with Crippen LogP contribution in [0.2, 0.25) is 5.02 Å². The fourth-order valence-electron chi connectivity index (χ4n) is 4.47. The average molecular weight is 504 g/mol. The zero-order valence-corrected chi connectivity index (χ0v) is 21.4. The predicted octanol–water partition coefficient (Wildman–Crippen LogP) is 5.51. The molecule has 3 atom stereocenters. The molecule has 0 aromatic heterocycles. The van der Waals surface area contributed by atoms with Crippen LogP contribution in [-0.4, -0.2) is 54.4 Å². The lowest BCUT2D eigenvalue weighted by atomic mass is 10.0. The summed E-state index contributed by atoms with van der Waals surface area (Å²) in [6.45, 7) is 7.39. The molecule has 1 saturated heterocycles. The number of hydrogen-bond acceptors (Lipinski definition) is 5. The first-order valence-corrected chi connectivity index (χ1v) is 12.6. The van der Waals surface area contributed by atoms with Gasteiger partial charge in [-0.2, -0.15) is 0 Å². The van der Waals surface area contributed by atoms with Crippen LogP contribution >= 0.6 is 11.6 Å². The summed E-state index contributed by atoms with van der Waals surface area (Å²) in [5, 5.41) is 11.5. The zero-order valence-electron chi connectivity index (χ0n) is 20.7. The minimum atomic E-state index is -0.674. The number of hydrogen-bond donors (Lipinski definition) is 1. The van der Waals surface area contributed by atoms with Crippen LogP contribution in [0.5, 0.6) is 0 Å². The molecule has 0 bridgehead atoms. The maximum Gasteiger partial charge on any atom is 0.330 e. The Kier molecular flexibility index (Phi) is 10.3. The molecule has 190 valence electrons. The normalized spacial score (nSPS) is 18.2. The van der Waals surface area contributed by atoms with Crippen LogP contribution in [0.4, 0.5) is 4.39 Å². The van der Waals surface area contributed by atoms with Crippen molar-refractivity contribution in [2.24, 2.45) is 0 Å². The van der Waals surface area contributed by atoms with Gasteiger partial charge in [-0.15, -0.1) is 0 Å². The SMILES string of the molecule is CCOC(=O)C=Cc1ccc(F)cc1[C@@H](C)OC[C@H](O)CN1CCC[C@H]1Cc1ccc(C)c(Cl)c1. The molecular formula is C28H35ClFNO4. The van der Waals surface area contributed by atoms with Gasteiger partial charge < -0.3 is 14.6 Å². The molecule has 2 aromatic rings. The van der Waals surface area contributed by atoms with E-state index in [9.17, 15) is 14.3 Å². The monoisotopic (exact) mass is 503 g/mol. The second-order valence-electron chi connectivity index (χ2n) is 9.07. The lowest BCUT2D eigenvalue weighted by molar-refractivity contribution is -0.137. The molecule has 0 aliphatic carbocycles. The Labute approximate surface area is 212 Å². The van der Waals surface area contributed by atoms with E-state index in [0.717, 1.165) is 36.4 Å². The van der Waals surface area contributed by atoms with E-state index in [-0.39, 0.29) is 19.0 Å². The number of ether oxygens (including phenoxy) is 2. The largest absolute Gasteiger partial charge is 0.463 e. The van der Waals surface area contributed by atoms with E-state index in [4.69, 9.17) is 21.1 Å². The third kappa shape index (κ3) is 8.14. The number of carbonyl (C=O) groups excluding carboxylic acids is 1. The highest BCUT2D eigenvalue weighted by atomic mass is 35.5. The highest BCUT2D eigenvalue weighted by molar-refractivity contribution is 6.31. The van der Waals surface area contributed by atoms with Crippen molar-refractivity contribution >= 4 is 23.6 Å². The fourth-order valence-corrected chi connectivity index (χ4v) is 4.67. The summed E-state index contributed by atoms with van der Waals surface area (Å²) in [6, 6.07) is 10.9. The standard InChI is InChI=1S/C28H35ClFNO4/c1-4-34-28(33)12-10-22-9-11-23(30)16-26(22)20(3)35-18-25(32)17-31-13-5-6-24(31)14-21-8-7-19(2)27(29)15-21/h7-12,15-16,20,24-25,32H,4-6,13-14,17-18H2,1-3H3/t20-,24+,25-/m1/s1. The molecule has 0 amide bonds. The van der Waals surface area contributed by atoms with Gasteiger partial charge in [0.1, 0.15) is 5.82 Å². The van der Waals surface area contributed by atoms with E-state index in [2.05, 4.69) is 11.0 Å². The molecule has 35 heavy (non-hydrogen) atoms. The van der Waals surface area contributed by atoms with Gasteiger partial charge in [0.05, 0.1) is 25.4 Å². The Bertz CT molecular complexity index is 1030. The van der Waals surface area contributed by atoms with E-state index >= 15 is 0 Å². The highest BCUT2D eigenvalue weighted by Gasteiger charge is 2.27. The molecule has 2 aromatic carbocycles. The number of carbonyl (C=O) groups is 1. The third-order valence-corrected chi connectivity index (χ3v) is 6.77. The molecule has 5 nitrogen and oxygen atoms in total. The molecule has 0 radical (unpaired) electrons. The fraction of sp³-hybridized carbons (Fsp3) is 0.464. The van der Waals surface area contributed by atoms with Crippen LogP contribution in [-0.2, 0) is 20.7 Å². The number of nitrogens with zero attached hydrogens (tertiary/aromatic N) is 1. The van der Waals surface area contributed by atoms with Crippen molar-refractivity contribution in [2.45, 2.75) is 58.3 Å². The third-order valence-electron chi connectivity index (χ3n) is 6.36. The van der Waals surface area contributed by atoms with Crippen LogP contribution in [0.1, 0.15) is 55.0 Å². The van der Waals surface area contributed by atoms with Crippen molar-refractivity contribution < 1.29 is 23.8 Å². The van der Waals surface area contributed by atoms with E-state index in [1.54, 1.807) is 19.1 Å². The minimum absolute atomic E-state index is 0.123.